The summed E-state index contributed by atoms with van der Waals surface area (Å²) in [6.07, 6.45) is 7.08. The van der Waals surface area contributed by atoms with Gasteiger partial charge in [0.1, 0.15) is 0 Å². The smallest absolute Gasteiger partial charge is 0.0431 e. The zero-order valence-electron chi connectivity index (χ0n) is 12.1. The van der Waals surface area contributed by atoms with Gasteiger partial charge in [-0.15, -0.1) is 0 Å². The molecule has 2 N–H and O–H groups in total. The summed E-state index contributed by atoms with van der Waals surface area (Å²) >= 11 is 0. The van der Waals surface area contributed by atoms with Crippen molar-refractivity contribution in [2.75, 3.05) is 13.2 Å². The van der Waals surface area contributed by atoms with Crippen molar-refractivity contribution in [3.8, 4) is 0 Å². The Labute approximate surface area is 117 Å². The summed E-state index contributed by atoms with van der Waals surface area (Å²) in [5.74, 6) is 0.707. The van der Waals surface area contributed by atoms with Gasteiger partial charge in [-0.25, -0.2) is 0 Å². The molecule has 19 heavy (non-hydrogen) atoms. The Bertz CT molecular complexity index is 377. The SMILES string of the molecule is CC1CCC(NCCCCCCO)c2ccccc21. The van der Waals surface area contributed by atoms with E-state index in [0.29, 0.717) is 18.6 Å². The van der Waals surface area contributed by atoms with Crippen LogP contribution in [-0.2, 0) is 0 Å². The summed E-state index contributed by atoms with van der Waals surface area (Å²) in [5.41, 5.74) is 3.04. The molecule has 0 bridgehead atoms. The highest BCUT2D eigenvalue weighted by molar-refractivity contribution is 5.34. The van der Waals surface area contributed by atoms with Crippen LogP contribution in [0.4, 0.5) is 0 Å². The van der Waals surface area contributed by atoms with Crippen molar-refractivity contribution >= 4 is 0 Å². The summed E-state index contributed by atoms with van der Waals surface area (Å²) in [7, 11) is 0. The van der Waals surface area contributed by atoms with Crippen LogP contribution in [-0.4, -0.2) is 18.3 Å². The maximum Gasteiger partial charge on any atom is 0.0431 e. The third-order valence-electron chi connectivity index (χ3n) is 4.27. The third-order valence-corrected chi connectivity index (χ3v) is 4.27. The van der Waals surface area contributed by atoms with Crippen LogP contribution in [0.15, 0.2) is 24.3 Å². The zero-order chi connectivity index (χ0) is 13.5. The maximum absolute atomic E-state index is 8.75. The molecule has 0 saturated carbocycles. The molecule has 2 atom stereocenters. The molecule has 1 aromatic rings. The molecule has 0 aliphatic heterocycles. The number of nitrogens with one attached hydrogen (secondary N) is 1. The fraction of sp³-hybridized carbons (Fsp3) is 0.647. The zero-order valence-corrected chi connectivity index (χ0v) is 12.1. The van der Waals surface area contributed by atoms with E-state index in [-0.39, 0.29) is 0 Å². The molecule has 2 rings (SSSR count). The van der Waals surface area contributed by atoms with Crippen LogP contribution >= 0.6 is 0 Å². The van der Waals surface area contributed by atoms with Crippen LogP contribution < -0.4 is 5.32 Å². The van der Waals surface area contributed by atoms with Gasteiger partial charge in [-0.1, -0.05) is 44.0 Å². The topological polar surface area (TPSA) is 32.3 Å². The Kier molecular flexibility index (Phi) is 5.87. The molecular formula is C17H27NO. The Hall–Kier alpha value is -0.860. The highest BCUT2D eigenvalue weighted by Crippen LogP contribution is 2.36. The quantitative estimate of drug-likeness (QED) is 0.732. The van der Waals surface area contributed by atoms with Gasteiger partial charge in [-0.2, -0.15) is 0 Å². The van der Waals surface area contributed by atoms with E-state index in [1.807, 2.05) is 0 Å². The molecule has 0 aromatic heterocycles. The Morgan fingerprint density at radius 3 is 2.58 bits per heavy atom. The van der Waals surface area contributed by atoms with Crippen molar-refractivity contribution < 1.29 is 5.11 Å². The van der Waals surface area contributed by atoms with Crippen molar-refractivity contribution in [1.29, 1.82) is 0 Å². The van der Waals surface area contributed by atoms with Gasteiger partial charge in [-0.05, 0) is 49.3 Å². The molecule has 0 spiro atoms. The van der Waals surface area contributed by atoms with Crippen LogP contribution in [0.5, 0.6) is 0 Å². The average Bonchev–Trinajstić information content (AvgIpc) is 2.45. The Morgan fingerprint density at radius 1 is 1.05 bits per heavy atom. The molecule has 2 unspecified atom stereocenters. The molecule has 1 aliphatic carbocycles. The minimum atomic E-state index is 0.335. The monoisotopic (exact) mass is 261 g/mol. The van der Waals surface area contributed by atoms with E-state index in [1.54, 1.807) is 0 Å². The van der Waals surface area contributed by atoms with Gasteiger partial charge < -0.3 is 10.4 Å². The first-order chi connectivity index (χ1) is 9.33. The number of fused-ring (bicyclic) bond motifs is 1. The Morgan fingerprint density at radius 2 is 1.79 bits per heavy atom. The van der Waals surface area contributed by atoms with Gasteiger partial charge in [0.25, 0.3) is 0 Å². The molecule has 0 radical (unpaired) electrons. The largest absolute Gasteiger partial charge is 0.396 e. The minimum Gasteiger partial charge on any atom is -0.396 e. The van der Waals surface area contributed by atoms with Crippen molar-refractivity contribution in [2.45, 2.75) is 57.4 Å². The maximum atomic E-state index is 8.75. The van der Waals surface area contributed by atoms with Crippen LogP contribution in [0.3, 0.4) is 0 Å². The number of benzene rings is 1. The first-order valence-corrected chi connectivity index (χ1v) is 7.76. The molecule has 0 heterocycles. The van der Waals surface area contributed by atoms with Crippen molar-refractivity contribution in [3.05, 3.63) is 35.4 Å². The second-order valence-electron chi connectivity index (χ2n) is 5.75. The highest BCUT2D eigenvalue weighted by atomic mass is 16.2. The number of rotatable bonds is 7. The van der Waals surface area contributed by atoms with Crippen molar-refractivity contribution in [1.82, 2.24) is 5.32 Å². The minimum absolute atomic E-state index is 0.335. The van der Waals surface area contributed by atoms with Gasteiger partial charge in [0.05, 0.1) is 0 Å². The van der Waals surface area contributed by atoms with Gasteiger partial charge in [-0.3, -0.25) is 0 Å². The molecule has 0 fully saturated rings. The summed E-state index contributed by atoms with van der Waals surface area (Å²) in [6, 6.07) is 9.44. The number of hydrogen-bond donors (Lipinski definition) is 2. The summed E-state index contributed by atoms with van der Waals surface area (Å²) in [5, 5.41) is 12.5. The predicted molar refractivity (Wildman–Crippen MR) is 80.4 cm³/mol. The standard InChI is InChI=1S/C17H27NO/c1-14-10-11-17(16-9-5-4-8-15(14)16)18-12-6-2-3-7-13-19/h4-5,8-9,14,17-19H,2-3,6-7,10-13H2,1H3. The van der Waals surface area contributed by atoms with E-state index >= 15 is 0 Å². The van der Waals surface area contributed by atoms with Crippen molar-refractivity contribution in [2.24, 2.45) is 0 Å². The van der Waals surface area contributed by atoms with E-state index < -0.39 is 0 Å². The van der Waals surface area contributed by atoms with Gasteiger partial charge >= 0.3 is 0 Å². The normalized spacial score (nSPS) is 22.2. The van der Waals surface area contributed by atoms with E-state index in [2.05, 4.69) is 36.5 Å². The molecular weight excluding hydrogens is 234 g/mol. The lowest BCUT2D eigenvalue weighted by atomic mass is 9.81. The van der Waals surface area contributed by atoms with Crippen LogP contribution in [0, 0.1) is 0 Å². The highest BCUT2D eigenvalue weighted by Gasteiger charge is 2.23. The number of aliphatic hydroxyl groups is 1. The fourth-order valence-electron chi connectivity index (χ4n) is 3.08. The lowest BCUT2D eigenvalue weighted by Crippen LogP contribution is -2.27. The van der Waals surface area contributed by atoms with E-state index in [1.165, 1.54) is 36.8 Å². The van der Waals surface area contributed by atoms with Crippen molar-refractivity contribution in [3.63, 3.8) is 0 Å². The lowest BCUT2D eigenvalue weighted by molar-refractivity contribution is 0.282. The molecule has 2 nitrogen and oxygen atoms in total. The molecule has 106 valence electrons. The van der Waals surface area contributed by atoms with E-state index in [0.717, 1.165) is 19.4 Å². The second-order valence-corrected chi connectivity index (χ2v) is 5.75. The number of aliphatic hydroxyl groups excluding tert-OH is 1. The van der Waals surface area contributed by atoms with E-state index in [4.69, 9.17) is 5.11 Å². The summed E-state index contributed by atoms with van der Waals surface area (Å²) in [6.45, 7) is 3.77. The van der Waals surface area contributed by atoms with Gasteiger partial charge in [0.2, 0.25) is 0 Å². The lowest BCUT2D eigenvalue weighted by Gasteiger charge is -2.30. The molecule has 0 saturated heterocycles. The molecule has 0 amide bonds. The first kappa shape index (κ1) is 14.5. The molecule has 2 heteroatoms. The fourth-order valence-corrected chi connectivity index (χ4v) is 3.08. The van der Waals surface area contributed by atoms with Crippen LogP contribution in [0.25, 0.3) is 0 Å². The van der Waals surface area contributed by atoms with Gasteiger partial charge in [0, 0.05) is 12.6 Å². The van der Waals surface area contributed by atoms with Crippen LogP contribution in [0.2, 0.25) is 0 Å². The summed E-state index contributed by atoms with van der Waals surface area (Å²) in [4.78, 5) is 0. The first-order valence-electron chi connectivity index (χ1n) is 7.76. The van der Waals surface area contributed by atoms with Gasteiger partial charge in [0.15, 0.2) is 0 Å². The van der Waals surface area contributed by atoms with Crippen LogP contribution in [0.1, 0.15) is 68.5 Å². The molecule has 1 aromatic carbocycles. The van der Waals surface area contributed by atoms with E-state index in [9.17, 15) is 0 Å². The second kappa shape index (κ2) is 7.66. The number of unbranched alkanes of at least 4 members (excludes halogenated alkanes) is 3. The Balaban J connectivity index is 1.80. The number of hydrogen-bond acceptors (Lipinski definition) is 2. The average molecular weight is 261 g/mol. The third kappa shape index (κ3) is 4.05. The molecule has 1 aliphatic rings. The predicted octanol–water partition coefficient (Wildman–Crippen LogP) is 3.77. The summed E-state index contributed by atoms with van der Waals surface area (Å²) < 4.78 is 0.